The molecule has 1 aromatic carbocycles. The summed E-state index contributed by atoms with van der Waals surface area (Å²) >= 11 is 0. The van der Waals surface area contributed by atoms with E-state index in [9.17, 15) is 9.18 Å². The molecule has 1 heterocycles. The fraction of sp³-hybridized carbons (Fsp3) is 0.588. The first-order valence-corrected chi connectivity index (χ1v) is 7.82. The van der Waals surface area contributed by atoms with Crippen LogP contribution in [0.15, 0.2) is 18.2 Å². The van der Waals surface area contributed by atoms with E-state index in [1.165, 1.54) is 18.9 Å². The summed E-state index contributed by atoms with van der Waals surface area (Å²) in [6, 6.07) is 4.97. The van der Waals surface area contributed by atoms with Crippen molar-refractivity contribution < 1.29 is 9.18 Å². The Morgan fingerprint density at radius 2 is 2.33 bits per heavy atom. The van der Waals surface area contributed by atoms with E-state index in [1.807, 2.05) is 13.0 Å². The molecule has 2 N–H and O–H groups in total. The topological polar surface area (TPSA) is 41.1 Å². The SMILES string of the molecule is Cc1ccc(C(C)NC(=O)CCC2CCCNC2)cc1F. The quantitative estimate of drug-likeness (QED) is 0.875. The van der Waals surface area contributed by atoms with E-state index in [-0.39, 0.29) is 17.8 Å². The van der Waals surface area contributed by atoms with Crippen LogP contribution in [-0.2, 0) is 4.79 Å². The zero-order valence-electron chi connectivity index (χ0n) is 12.9. The highest BCUT2D eigenvalue weighted by Gasteiger charge is 2.16. The van der Waals surface area contributed by atoms with Gasteiger partial charge in [0.25, 0.3) is 0 Å². The number of carbonyl (C=O) groups is 1. The second-order valence-corrected chi connectivity index (χ2v) is 6.05. The predicted octanol–water partition coefficient (Wildman–Crippen LogP) is 3.09. The largest absolute Gasteiger partial charge is 0.350 e. The molecule has 2 atom stereocenters. The summed E-state index contributed by atoms with van der Waals surface area (Å²) in [5.41, 5.74) is 1.44. The van der Waals surface area contributed by atoms with E-state index < -0.39 is 0 Å². The van der Waals surface area contributed by atoms with Crippen molar-refractivity contribution in [2.24, 2.45) is 5.92 Å². The lowest BCUT2D eigenvalue weighted by Gasteiger charge is -2.22. The monoisotopic (exact) mass is 292 g/mol. The molecule has 0 bridgehead atoms. The third-order valence-electron chi connectivity index (χ3n) is 4.25. The number of hydrogen-bond acceptors (Lipinski definition) is 2. The molecular formula is C17H25FN2O. The minimum absolute atomic E-state index is 0.0501. The summed E-state index contributed by atoms with van der Waals surface area (Å²) in [6.07, 6.45) is 3.88. The van der Waals surface area contributed by atoms with E-state index in [0.29, 0.717) is 17.9 Å². The van der Waals surface area contributed by atoms with Crippen LogP contribution in [-0.4, -0.2) is 19.0 Å². The van der Waals surface area contributed by atoms with Gasteiger partial charge in [-0.15, -0.1) is 0 Å². The molecule has 1 aromatic rings. The molecule has 2 unspecified atom stereocenters. The number of nitrogens with one attached hydrogen (secondary N) is 2. The van der Waals surface area contributed by atoms with Gasteiger partial charge in [0.2, 0.25) is 5.91 Å². The predicted molar refractivity (Wildman–Crippen MR) is 82.5 cm³/mol. The van der Waals surface area contributed by atoms with Crippen LogP contribution in [0.3, 0.4) is 0 Å². The summed E-state index contributed by atoms with van der Waals surface area (Å²) in [4.78, 5) is 12.0. The van der Waals surface area contributed by atoms with E-state index in [2.05, 4.69) is 10.6 Å². The Kier molecular flexibility index (Phi) is 5.74. The molecule has 1 amide bonds. The molecule has 1 saturated heterocycles. The van der Waals surface area contributed by atoms with Crippen LogP contribution in [0.25, 0.3) is 0 Å². The lowest BCUT2D eigenvalue weighted by Crippen LogP contribution is -2.32. The molecule has 0 radical (unpaired) electrons. The molecule has 116 valence electrons. The zero-order chi connectivity index (χ0) is 15.2. The smallest absolute Gasteiger partial charge is 0.220 e. The average Bonchev–Trinajstić information content (AvgIpc) is 2.49. The molecule has 2 rings (SSSR count). The Bertz CT molecular complexity index is 484. The summed E-state index contributed by atoms with van der Waals surface area (Å²) in [5, 5.41) is 6.32. The highest BCUT2D eigenvalue weighted by Crippen LogP contribution is 2.18. The summed E-state index contributed by atoms with van der Waals surface area (Å²) < 4.78 is 13.5. The van der Waals surface area contributed by atoms with Gasteiger partial charge in [-0.3, -0.25) is 4.79 Å². The number of hydrogen-bond donors (Lipinski definition) is 2. The number of aryl methyl sites for hydroxylation is 1. The van der Waals surface area contributed by atoms with Gasteiger partial charge in [-0.05, 0) is 69.3 Å². The van der Waals surface area contributed by atoms with Crippen molar-refractivity contribution >= 4 is 5.91 Å². The van der Waals surface area contributed by atoms with Crippen LogP contribution in [0.2, 0.25) is 0 Å². The van der Waals surface area contributed by atoms with E-state index in [0.717, 1.165) is 25.1 Å². The van der Waals surface area contributed by atoms with Gasteiger partial charge in [0.1, 0.15) is 5.82 Å². The maximum atomic E-state index is 13.5. The molecule has 3 nitrogen and oxygen atoms in total. The van der Waals surface area contributed by atoms with Crippen molar-refractivity contribution in [2.75, 3.05) is 13.1 Å². The van der Waals surface area contributed by atoms with Crippen molar-refractivity contribution in [1.82, 2.24) is 10.6 Å². The standard InChI is InChI=1S/C17H25FN2O/c1-12-5-7-15(10-16(12)18)13(2)20-17(21)8-6-14-4-3-9-19-11-14/h5,7,10,13-14,19H,3-4,6,8-9,11H2,1-2H3,(H,20,21). The Morgan fingerprint density at radius 3 is 3.00 bits per heavy atom. The first kappa shape index (κ1) is 16.0. The Hall–Kier alpha value is -1.42. The second-order valence-electron chi connectivity index (χ2n) is 6.05. The van der Waals surface area contributed by atoms with Gasteiger partial charge in [0.05, 0.1) is 6.04 Å². The van der Waals surface area contributed by atoms with E-state index >= 15 is 0 Å². The van der Waals surface area contributed by atoms with Crippen molar-refractivity contribution in [3.63, 3.8) is 0 Å². The van der Waals surface area contributed by atoms with Gasteiger partial charge in [0, 0.05) is 6.42 Å². The van der Waals surface area contributed by atoms with Crippen molar-refractivity contribution in [1.29, 1.82) is 0 Å². The highest BCUT2D eigenvalue weighted by atomic mass is 19.1. The molecule has 0 aliphatic carbocycles. The Balaban J connectivity index is 1.79. The van der Waals surface area contributed by atoms with Crippen LogP contribution in [0.5, 0.6) is 0 Å². The average molecular weight is 292 g/mol. The minimum Gasteiger partial charge on any atom is -0.350 e. The fourth-order valence-electron chi connectivity index (χ4n) is 2.78. The van der Waals surface area contributed by atoms with E-state index in [1.54, 1.807) is 13.0 Å². The molecule has 4 heteroatoms. The zero-order valence-corrected chi connectivity index (χ0v) is 12.9. The maximum absolute atomic E-state index is 13.5. The Morgan fingerprint density at radius 1 is 1.52 bits per heavy atom. The molecule has 21 heavy (non-hydrogen) atoms. The highest BCUT2D eigenvalue weighted by molar-refractivity contribution is 5.76. The normalized spacial score (nSPS) is 20.0. The first-order chi connectivity index (χ1) is 10.1. The molecular weight excluding hydrogens is 267 g/mol. The van der Waals surface area contributed by atoms with Crippen LogP contribution in [0, 0.1) is 18.7 Å². The van der Waals surface area contributed by atoms with Gasteiger partial charge < -0.3 is 10.6 Å². The molecule has 1 aliphatic rings. The Labute approximate surface area is 126 Å². The lowest BCUT2D eigenvalue weighted by molar-refractivity contribution is -0.122. The van der Waals surface area contributed by atoms with Gasteiger partial charge in [-0.25, -0.2) is 4.39 Å². The summed E-state index contributed by atoms with van der Waals surface area (Å²) in [6.45, 7) is 5.75. The van der Waals surface area contributed by atoms with Crippen molar-refractivity contribution in [3.05, 3.63) is 35.1 Å². The van der Waals surface area contributed by atoms with Crippen molar-refractivity contribution in [3.8, 4) is 0 Å². The molecule has 1 aliphatic heterocycles. The van der Waals surface area contributed by atoms with Crippen molar-refractivity contribution in [2.45, 2.75) is 45.6 Å². The molecule has 0 spiro atoms. The van der Waals surface area contributed by atoms with Gasteiger partial charge in [-0.2, -0.15) is 0 Å². The van der Waals surface area contributed by atoms with Crippen LogP contribution >= 0.6 is 0 Å². The van der Waals surface area contributed by atoms with Gasteiger partial charge >= 0.3 is 0 Å². The van der Waals surface area contributed by atoms with Crippen LogP contribution in [0.4, 0.5) is 4.39 Å². The number of benzene rings is 1. The summed E-state index contributed by atoms with van der Waals surface area (Å²) in [5.74, 6) is 0.438. The van der Waals surface area contributed by atoms with Crippen LogP contribution < -0.4 is 10.6 Å². The van der Waals surface area contributed by atoms with E-state index in [4.69, 9.17) is 0 Å². The minimum atomic E-state index is -0.220. The second kappa shape index (κ2) is 7.55. The fourth-order valence-corrected chi connectivity index (χ4v) is 2.78. The van der Waals surface area contributed by atoms with Crippen LogP contribution in [0.1, 0.15) is 49.8 Å². The number of amides is 1. The number of rotatable bonds is 5. The maximum Gasteiger partial charge on any atom is 0.220 e. The molecule has 0 saturated carbocycles. The first-order valence-electron chi connectivity index (χ1n) is 7.82. The molecule has 1 fully saturated rings. The number of carbonyl (C=O) groups excluding carboxylic acids is 1. The number of piperidine rings is 1. The molecule has 0 aromatic heterocycles. The summed E-state index contributed by atoms with van der Waals surface area (Å²) in [7, 11) is 0. The van der Waals surface area contributed by atoms with Gasteiger partial charge in [0.15, 0.2) is 0 Å². The van der Waals surface area contributed by atoms with Gasteiger partial charge in [-0.1, -0.05) is 12.1 Å². The third-order valence-corrected chi connectivity index (χ3v) is 4.25. The number of halogens is 1. The third kappa shape index (κ3) is 4.81. The lowest BCUT2D eigenvalue weighted by atomic mass is 9.94.